The van der Waals surface area contributed by atoms with E-state index in [1.165, 1.54) is 5.56 Å². The van der Waals surface area contributed by atoms with Crippen molar-refractivity contribution < 1.29 is 14.3 Å². The van der Waals surface area contributed by atoms with Crippen LogP contribution in [0.2, 0.25) is 0 Å². The van der Waals surface area contributed by atoms with Crippen LogP contribution in [0, 0.1) is 0 Å². The summed E-state index contributed by atoms with van der Waals surface area (Å²) in [7, 11) is 1.57. The van der Waals surface area contributed by atoms with Gasteiger partial charge in [-0.15, -0.1) is 0 Å². The lowest BCUT2D eigenvalue weighted by Crippen LogP contribution is -2.48. The molecule has 5 aromatic rings. The first-order chi connectivity index (χ1) is 23.4. The van der Waals surface area contributed by atoms with Crippen LogP contribution >= 0.6 is 0 Å². The second-order valence-electron chi connectivity index (χ2n) is 12.7. The number of hydrogen-bond donors (Lipinski definition) is 2. The van der Waals surface area contributed by atoms with Crippen molar-refractivity contribution in [2.24, 2.45) is 0 Å². The van der Waals surface area contributed by atoms with E-state index in [1.807, 2.05) is 46.2 Å². The molecule has 0 aliphatic carbocycles. The summed E-state index contributed by atoms with van der Waals surface area (Å²) in [6, 6.07) is 20.0. The van der Waals surface area contributed by atoms with Crippen LogP contribution in [0.1, 0.15) is 43.4 Å². The predicted octanol–water partition coefficient (Wildman–Crippen LogP) is 5.08. The van der Waals surface area contributed by atoms with Crippen LogP contribution in [0.25, 0.3) is 33.5 Å². The lowest BCUT2D eigenvalue weighted by molar-refractivity contribution is -0.138. The summed E-state index contributed by atoms with van der Waals surface area (Å²) in [4.78, 5) is 44.1. The molecule has 7 rings (SSSR count). The number of likely N-dealkylation sites (tertiary alicyclic amines) is 2. The standard InChI is InChI=1S/C37H40N8O3/c1-3-29-21-28(11-17-38-29)34-31-22-30(9-10-32(31)42-43-34)41-36(47)37(48-2)14-20-44(24-37)23-33(46)45-18-12-26(13-19-45)25-5-7-27(8-6-25)35-39-15-4-16-40-35/h4-11,15-17,21-22,26H,3,12-14,18-20,23-24H2,1-2H3,(H,41,47)(H,42,43)/t37-/m0/s1. The Kier molecular flexibility index (Phi) is 8.96. The summed E-state index contributed by atoms with van der Waals surface area (Å²) < 4.78 is 5.87. The van der Waals surface area contributed by atoms with Gasteiger partial charge in [0, 0.05) is 79.8 Å². The molecule has 11 heteroatoms. The zero-order chi connectivity index (χ0) is 33.1. The summed E-state index contributed by atoms with van der Waals surface area (Å²) in [5.74, 6) is 1.01. The number of amides is 2. The fourth-order valence-electron chi connectivity index (χ4n) is 6.92. The van der Waals surface area contributed by atoms with Crippen LogP contribution in [0.5, 0.6) is 0 Å². The van der Waals surface area contributed by atoms with E-state index < -0.39 is 5.60 Å². The van der Waals surface area contributed by atoms with Gasteiger partial charge in [-0.05, 0) is 73.6 Å². The molecule has 246 valence electrons. The van der Waals surface area contributed by atoms with Crippen molar-refractivity contribution in [3.63, 3.8) is 0 Å². The van der Waals surface area contributed by atoms with Crippen LogP contribution in [0.3, 0.4) is 0 Å². The highest BCUT2D eigenvalue weighted by Crippen LogP contribution is 2.32. The van der Waals surface area contributed by atoms with Crippen molar-refractivity contribution >= 4 is 28.4 Å². The lowest BCUT2D eigenvalue weighted by atomic mass is 9.89. The zero-order valence-corrected chi connectivity index (χ0v) is 27.4. The number of nitrogens with one attached hydrogen (secondary N) is 2. The molecule has 2 fully saturated rings. The van der Waals surface area contributed by atoms with E-state index in [4.69, 9.17) is 4.74 Å². The number of aromatic amines is 1. The molecule has 2 aliphatic rings. The molecule has 1 atom stereocenters. The van der Waals surface area contributed by atoms with Gasteiger partial charge in [0.15, 0.2) is 11.4 Å². The predicted molar refractivity (Wildman–Crippen MR) is 184 cm³/mol. The number of hydrogen-bond acceptors (Lipinski definition) is 8. The first-order valence-electron chi connectivity index (χ1n) is 16.6. The molecule has 5 heterocycles. The highest BCUT2D eigenvalue weighted by atomic mass is 16.5. The number of ether oxygens (including phenoxy) is 1. The van der Waals surface area contributed by atoms with Gasteiger partial charge < -0.3 is 15.0 Å². The van der Waals surface area contributed by atoms with Gasteiger partial charge in [-0.2, -0.15) is 5.10 Å². The van der Waals surface area contributed by atoms with Crippen molar-refractivity contribution in [3.8, 4) is 22.6 Å². The van der Waals surface area contributed by atoms with Crippen molar-refractivity contribution in [1.29, 1.82) is 0 Å². The third-order valence-corrected chi connectivity index (χ3v) is 9.80. The van der Waals surface area contributed by atoms with Gasteiger partial charge in [0.2, 0.25) is 5.91 Å². The molecule has 48 heavy (non-hydrogen) atoms. The zero-order valence-electron chi connectivity index (χ0n) is 27.4. The number of fused-ring (bicyclic) bond motifs is 1. The minimum absolute atomic E-state index is 0.0950. The number of aromatic nitrogens is 5. The number of anilines is 1. The minimum atomic E-state index is -1.04. The van der Waals surface area contributed by atoms with Gasteiger partial charge in [-0.25, -0.2) is 9.97 Å². The van der Waals surface area contributed by atoms with E-state index in [0.29, 0.717) is 44.2 Å². The summed E-state index contributed by atoms with van der Waals surface area (Å²) >= 11 is 0. The molecule has 0 unspecified atom stereocenters. The van der Waals surface area contributed by atoms with Crippen LogP contribution in [-0.2, 0) is 20.7 Å². The van der Waals surface area contributed by atoms with Crippen LogP contribution in [0.15, 0.2) is 79.3 Å². The molecule has 0 radical (unpaired) electrons. The number of piperidine rings is 1. The fraction of sp³-hybridized carbons (Fsp3) is 0.351. The van der Waals surface area contributed by atoms with E-state index in [0.717, 1.165) is 58.5 Å². The Morgan fingerprint density at radius 3 is 2.50 bits per heavy atom. The molecule has 2 amide bonds. The number of aryl methyl sites for hydroxylation is 1. The van der Waals surface area contributed by atoms with E-state index in [9.17, 15) is 9.59 Å². The Morgan fingerprint density at radius 1 is 0.958 bits per heavy atom. The smallest absolute Gasteiger partial charge is 0.258 e. The number of methoxy groups -OCH3 is 1. The quantitative estimate of drug-likeness (QED) is 0.227. The summed E-state index contributed by atoms with van der Waals surface area (Å²) in [6.07, 6.45) is 8.47. The first-order valence-corrected chi connectivity index (χ1v) is 16.6. The third-order valence-electron chi connectivity index (χ3n) is 9.80. The molecular weight excluding hydrogens is 604 g/mol. The molecule has 3 aromatic heterocycles. The van der Waals surface area contributed by atoms with Gasteiger partial charge in [0.05, 0.1) is 12.1 Å². The Hall–Kier alpha value is -5.00. The Balaban J connectivity index is 0.943. The minimum Gasteiger partial charge on any atom is -0.367 e. The summed E-state index contributed by atoms with van der Waals surface area (Å²) in [6.45, 7) is 4.73. The number of nitrogens with zero attached hydrogens (tertiary/aromatic N) is 6. The highest BCUT2D eigenvalue weighted by Gasteiger charge is 2.45. The van der Waals surface area contributed by atoms with E-state index in [1.54, 1.807) is 25.7 Å². The van der Waals surface area contributed by atoms with Crippen LogP contribution in [0.4, 0.5) is 5.69 Å². The van der Waals surface area contributed by atoms with Crippen LogP contribution in [-0.4, -0.2) is 92.2 Å². The normalized spacial score (nSPS) is 18.8. The fourth-order valence-corrected chi connectivity index (χ4v) is 6.92. The third kappa shape index (κ3) is 6.43. The Morgan fingerprint density at radius 2 is 1.75 bits per heavy atom. The maximum absolute atomic E-state index is 13.7. The maximum Gasteiger partial charge on any atom is 0.258 e. The molecule has 2 aliphatic heterocycles. The van der Waals surface area contributed by atoms with Crippen molar-refractivity contribution in [1.82, 2.24) is 34.9 Å². The second-order valence-corrected chi connectivity index (χ2v) is 12.7. The van der Waals surface area contributed by atoms with Gasteiger partial charge in [0.1, 0.15) is 5.69 Å². The largest absolute Gasteiger partial charge is 0.367 e. The highest BCUT2D eigenvalue weighted by molar-refractivity contribution is 6.01. The molecule has 2 aromatic carbocycles. The first kappa shape index (κ1) is 31.6. The van der Waals surface area contributed by atoms with Crippen molar-refractivity contribution in [2.45, 2.75) is 44.1 Å². The van der Waals surface area contributed by atoms with Gasteiger partial charge >= 0.3 is 0 Å². The van der Waals surface area contributed by atoms with Gasteiger partial charge in [-0.3, -0.25) is 24.6 Å². The van der Waals surface area contributed by atoms with Gasteiger partial charge in [-0.1, -0.05) is 31.2 Å². The maximum atomic E-state index is 13.7. The molecule has 2 N–H and O–H groups in total. The number of H-pyrrole nitrogens is 1. The lowest BCUT2D eigenvalue weighted by Gasteiger charge is -2.33. The number of benzene rings is 2. The second kappa shape index (κ2) is 13.6. The summed E-state index contributed by atoms with van der Waals surface area (Å²) in [5, 5.41) is 11.6. The average Bonchev–Trinajstić information content (AvgIpc) is 3.77. The molecule has 11 nitrogen and oxygen atoms in total. The number of carbonyl (C=O) groups is 2. The average molecular weight is 645 g/mol. The van der Waals surface area contributed by atoms with E-state index in [-0.39, 0.29) is 18.4 Å². The topological polar surface area (TPSA) is 129 Å². The molecular formula is C37H40N8O3. The van der Waals surface area contributed by atoms with E-state index >= 15 is 0 Å². The monoisotopic (exact) mass is 644 g/mol. The SMILES string of the molecule is CCc1cc(-c2n[nH]c3ccc(NC(=O)[C@]4(OC)CCN(CC(=O)N5CCC(c6ccc(-c7ncccn7)cc6)CC5)C4)cc23)ccn1. The molecule has 0 saturated carbocycles. The van der Waals surface area contributed by atoms with Gasteiger partial charge in [0.25, 0.3) is 5.91 Å². The Bertz CT molecular complexity index is 1900. The molecule has 0 spiro atoms. The number of pyridine rings is 1. The molecule has 0 bridgehead atoms. The summed E-state index contributed by atoms with van der Waals surface area (Å²) in [5.41, 5.74) is 5.55. The van der Waals surface area contributed by atoms with E-state index in [2.05, 4.69) is 61.7 Å². The number of carbonyl (C=O) groups excluding carboxylic acids is 2. The van der Waals surface area contributed by atoms with Crippen molar-refractivity contribution in [3.05, 3.63) is 90.5 Å². The molecule has 2 saturated heterocycles. The van der Waals surface area contributed by atoms with Crippen LogP contribution < -0.4 is 5.32 Å². The van der Waals surface area contributed by atoms with Crippen molar-refractivity contribution in [2.75, 3.05) is 45.2 Å². The Labute approximate surface area is 279 Å². The number of rotatable bonds is 9.